The molecule has 1 radical (unpaired) electrons. The Morgan fingerprint density at radius 2 is 1.45 bits per heavy atom. The smallest absolute Gasteiger partial charge is 0.0267 e. The Kier molecular flexibility index (Phi) is 10.0. The van der Waals surface area contributed by atoms with E-state index in [2.05, 4.69) is 16.0 Å². The Morgan fingerprint density at radius 3 is 1.90 bits per heavy atom. The van der Waals surface area contributed by atoms with E-state index in [1.807, 2.05) is 60.7 Å². The van der Waals surface area contributed by atoms with Crippen molar-refractivity contribution in [2.24, 2.45) is 0 Å². The zero-order valence-electron chi connectivity index (χ0n) is 11.2. The van der Waals surface area contributed by atoms with Crippen molar-refractivity contribution < 1.29 is 20.1 Å². The van der Waals surface area contributed by atoms with Crippen molar-refractivity contribution >= 4 is 0 Å². The summed E-state index contributed by atoms with van der Waals surface area (Å²) in [6.45, 7) is 0. The van der Waals surface area contributed by atoms with Gasteiger partial charge in [0, 0.05) is 38.7 Å². The first-order chi connectivity index (χ1) is 8.97. The summed E-state index contributed by atoms with van der Waals surface area (Å²) in [5.74, 6) is 0. The molecule has 0 saturated carbocycles. The van der Waals surface area contributed by atoms with Crippen molar-refractivity contribution in [3.63, 3.8) is 0 Å². The summed E-state index contributed by atoms with van der Waals surface area (Å²) in [4.78, 5) is 8.00. The predicted molar refractivity (Wildman–Crippen MR) is 79.2 cm³/mol. The summed E-state index contributed by atoms with van der Waals surface area (Å²) in [6, 6.07) is 22.5. The quantitative estimate of drug-likeness (QED) is 0.533. The van der Waals surface area contributed by atoms with Crippen LogP contribution in [0.2, 0.25) is 0 Å². The fourth-order valence-corrected chi connectivity index (χ4v) is 1.39. The minimum atomic E-state index is 0. The molecule has 105 valence electrons. The maximum atomic E-state index is 4.22. The van der Waals surface area contributed by atoms with Crippen LogP contribution in [0.1, 0.15) is 0 Å². The molecule has 2 heterocycles. The number of hydrogen-bond donors (Lipinski definition) is 0. The maximum Gasteiger partial charge on any atom is 0.0267 e. The average molecular weight is 441 g/mol. The summed E-state index contributed by atoms with van der Waals surface area (Å²) in [6.07, 6.45) is 5.29. The molecular weight excluding hydrogens is 424 g/mol. The van der Waals surface area contributed by atoms with E-state index in [9.17, 15) is 0 Å². The Morgan fingerprint density at radius 1 is 0.750 bits per heavy atom. The number of rotatable bonds is 1. The molecule has 2 aromatic heterocycles. The largest absolute Gasteiger partial charge is 0.358 e. The number of aromatic nitrogens is 2. The molecule has 0 spiro atoms. The first kappa shape index (κ1) is 18.2. The maximum absolute atomic E-state index is 4.22. The van der Waals surface area contributed by atoms with Gasteiger partial charge in [0.05, 0.1) is 0 Å². The van der Waals surface area contributed by atoms with Gasteiger partial charge in [0.1, 0.15) is 0 Å². The Balaban J connectivity index is 0.000000390. The van der Waals surface area contributed by atoms with Crippen molar-refractivity contribution in [3.8, 4) is 11.3 Å². The second kappa shape index (κ2) is 11.0. The molecule has 1 aromatic carbocycles. The molecule has 0 amide bonds. The Bertz CT molecular complexity index is 478. The normalized spacial score (nSPS) is 8.20. The molecule has 0 saturated heterocycles. The topological polar surface area (TPSA) is 25.8 Å². The monoisotopic (exact) mass is 441 g/mol. The molecule has 0 aliphatic carbocycles. The van der Waals surface area contributed by atoms with E-state index in [-0.39, 0.29) is 27.5 Å². The molecule has 2 nitrogen and oxygen atoms in total. The van der Waals surface area contributed by atoms with E-state index in [4.69, 9.17) is 0 Å². The Hall–Kier alpha value is -1.83. The molecule has 0 atom stereocenters. The second-order valence-electron chi connectivity index (χ2n) is 3.52. The van der Waals surface area contributed by atoms with E-state index in [1.165, 1.54) is 0 Å². The van der Waals surface area contributed by atoms with Crippen LogP contribution in [0.5, 0.6) is 0 Å². The van der Waals surface area contributed by atoms with E-state index < -0.39 is 0 Å². The summed E-state index contributed by atoms with van der Waals surface area (Å²) in [5.41, 5.74) is 2.01. The van der Waals surface area contributed by atoms with Crippen LogP contribution in [0.25, 0.3) is 11.3 Å². The van der Waals surface area contributed by atoms with Gasteiger partial charge in [0.15, 0.2) is 0 Å². The predicted octanol–water partition coefficient (Wildman–Crippen LogP) is 4.08. The van der Waals surface area contributed by atoms with Gasteiger partial charge in [-0.15, -0.1) is 35.9 Å². The molecule has 0 unspecified atom stereocenters. The first-order valence-corrected chi connectivity index (χ1v) is 5.70. The molecule has 0 fully saturated rings. The summed E-state index contributed by atoms with van der Waals surface area (Å²) < 4.78 is 0. The van der Waals surface area contributed by atoms with Gasteiger partial charge in [-0.25, -0.2) is 0 Å². The van der Waals surface area contributed by atoms with Crippen LogP contribution in [-0.2, 0) is 20.1 Å². The van der Waals surface area contributed by atoms with Crippen LogP contribution in [0.3, 0.4) is 0 Å². The van der Waals surface area contributed by atoms with Crippen molar-refractivity contribution in [1.82, 2.24) is 9.97 Å². The summed E-state index contributed by atoms with van der Waals surface area (Å²) in [7, 11) is 0. The van der Waals surface area contributed by atoms with Crippen LogP contribution in [0, 0.1) is 13.5 Å². The summed E-state index contributed by atoms with van der Waals surface area (Å²) in [5, 5.41) is 0. The van der Waals surface area contributed by atoms with Crippen molar-refractivity contribution in [2.75, 3.05) is 0 Å². The third-order valence-electron chi connectivity index (χ3n) is 2.22. The second-order valence-corrected chi connectivity index (χ2v) is 3.52. The molecule has 0 aliphatic heterocycles. The Labute approximate surface area is 134 Å². The molecule has 20 heavy (non-hydrogen) atoms. The van der Waals surface area contributed by atoms with Gasteiger partial charge in [-0.2, -0.15) is 0 Å². The minimum Gasteiger partial charge on any atom is -0.358 e. The third kappa shape index (κ3) is 6.37. The molecular formula is C17H16IrN2-2. The molecule has 3 heteroatoms. The van der Waals surface area contributed by atoms with Gasteiger partial charge >= 0.3 is 0 Å². The van der Waals surface area contributed by atoms with E-state index in [1.54, 1.807) is 18.6 Å². The van der Waals surface area contributed by atoms with Crippen LogP contribution < -0.4 is 0 Å². The molecule has 0 N–H and O–H groups in total. The number of nitrogens with zero attached hydrogens (tertiary/aromatic N) is 2. The van der Waals surface area contributed by atoms with Gasteiger partial charge in [0.25, 0.3) is 0 Å². The summed E-state index contributed by atoms with van der Waals surface area (Å²) >= 11 is 0. The molecule has 0 aliphatic rings. The number of hydrogen-bond acceptors (Lipinski definition) is 2. The van der Waals surface area contributed by atoms with Crippen molar-refractivity contribution in [3.05, 3.63) is 92.7 Å². The van der Waals surface area contributed by atoms with E-state index in [0.717, 1.165) is 11.3 Å². The minimum absolute atomic E-state index is 0. The fourth-order valence-electron chi connectivity index (χ4n) is 1.39. The SMILES string of the molecule is [CH3-].[Ir].[c-]1ccccc1-c1ccccn1.c1ccncc1. The van der Waals surface area contributed by atoms with Gasteiger partial charge in [0.2, 0.25) is 0 Å². The van der Waals surface area contributed by atoms with E-state index >= 15 is 0 Å². The molecule has 0 bridgehead atoms. The van der Waals surface area contributed by atoms with Crippen LogP contribution in [-0.4, -0.2) is 9.97 Å². The fraction of sp³-hybridized carbons (Fsp3) is 0. The van der Waals surface area contributed by atoms with Gasteiger partial charge < -0.3 is 12.4 Å². The van der Waals surface area contributed by atoms with Crippen molar-refractivity contribution in [1.29, 1.82) is 0 Å². The third-order valence-corrected chi connectivity index (χ3v) is 2.22. The molecule has 3 rings (SSSR count). The van der Waals surface area contributed by atoms with Gasteiger partial charge in [-0.3, -0.25) is 4.98 Å². The molecule has 3 aromatic rings. The average Bonchev–Trinajstić information content (AvgIpc) is 2.51. The zero-order chi connectivity index (χ0) is 12.5. The van der Waals surface area contributed by atoms with Crippen LogP contribution in [0.15, 0.2) is 79.3 Å². The number of benzene rings is 1. The first-order valence-electron chi connectivity index (χ1n) is 5.70. The zero-order valence-corrected chi connectivity index (χ0v) is 13.6. The van der Waals surface area contributed by atoms with Crippen LogP contribution >= 0.6 is 0 Å². The number of pyridine rings is 2. The van der Waals surface area contributed by atoms with Gasteiger partial charge in [-0.1, -0.05) is 18.2 Å². The van der Waals surface area contributed by atoms with Gasteiger partial charge in [-0.05, 0) is 23.9 Å². The van der Waals surface area contributed by atoms with Crippen molar-refractivity contribution in [2.45, 2.75) is 0 Å². The van der Waals surface area contributed by atoms with E-state index in [0.29, 0.717) is 0 Å². The standard InChI is InChI=1S/C11H8N.C5H5N.CH3.Ir/c1-2-6-10(7-3-1)11-8-4-5-9-12-11;1-2-4-6-5-3-1;;/h1-6,8-9H;1-5H;1H3;/q-1;;-1;. The van der Waals surface area contributed by atoms with Crippen LogP contribution in [0.4, 0.5) is 0 Å².